The third-order valence-corrected chi connectivity index (χ3v) is 14.3. The van der Waals surface area contributed by atoms with Gasteiger partial charge in [-0.3, -0.25) is 33.7 Å². The molecule has 2 aliphatic rings. The quantitative estimate of drug-likeness (QED) is 0.0292. The van der Waals surface area contributed by atoms with Crippen LogP contribution in [0.2, 0.25) is 0 Å². The van der Waals surface area contributed by atoms with Gasteiger partial charge in [0.15, 0.2) is 12.0 Å². The van der Waals surface area contributed by atoms with E-state index >= 15 is 0 Å². The van der Waals surface area contributed by atoms with Crippen LogP contribution in [0.25, 0.3) is 11.0 Å². The van der Waals surface area contributed by atoms with E-state index < -0.39 is 84.8 Å². The van der Waals surface area contributed by atoms with Gasteiger partial charge in [-0.1, -0.05) is 88.1 Å². The highest BCUT2D eigenvalue weighted by molar-refractivity contribution is 14.1. The highest BCUT2D eigenvalue weighted by Crippen LogP contribution is 2.44. The molecule has 9 atom stereocenters. The minimum Gasteiger partial charge on any atom is -0.445 e. The molecule has 22 heteroatoms. The molecular weight excluding hydrogens is 1010 g/mol. The van der Waals surface area contributed by atoms with Crippen LogP contribution in [0.3, 0.4) is 0 Å². The molecule has 0 radical (unpaired) electrons. The van der Waals surface area contributed by atoms with Gasteiger partial charge in [0.05, 0.1) is 29.9 Å². The van der Waals surface area contributed by atoms with E-state index in [1.54, 1.807) is 57.3 Å². The number of hydrogen-bond acceptors (Lipinski definition) is 14. The number of imidazole rings is 1. The van der Waals surface area contributed by atoms with Crippen LogP contribution in [0.5, 0.6) is 0 Å². The maximum atomic E-state index is 13.5. The fraction of sp³-hybridized carbons (Fsp3) is 0.596. The maximum absolute atomic E-state index is 13.5. The van der Waals surface area contributed by atoms with Crippen LogP contribution in [0.1, 0.15) is 98.5 Å². The van der Waals surface area contributed by atoms with E-state index in [0.717, 1.165) is 43.4 Å². The van der Waals surface area contributed by atoms with Crippen molar-refractivity contribution in [2.24, 2.45) is 11.8 Å². The van der Waals surface area contributed by atoms with Gasteiger partial charge in [0.2, 0.25) is 35.4 Å². The lowest BCUT2D eigenvalue weighted by molar-refractivity contribution is -0.172. The zero-order chi connectivity index (χ0) is 50.6. The summed E-state index contributed by atoms with van der Waals surface area (Å²) in [7, 11) is 1.36. The molecule has 69 heavy (non-hydrogen) atoms. The molecule has 378 valence electrons. The molecule has 7 amide bonds. The molecule has 3 aromatic rings. The number of carbonyl (C=O) groups excluding carboxylic acids is 7. The van der Waals surface area contributed by atoms with Crippen molar-refractivity contribution < 1.29 is 53.2 Å². The number of aliphatic hydroxyl groups excluding tert-OH is 2. The SMILES string of the molecule is CCCCCC(I)(CCC)C1CC(=O)N(CCC(=O)N[C@H](C(=O)N[C@@H](C)C(=O)Nc2ccc(COC(=O)N(C)CC(=O)N[C@@H]3[C@@H](O)[C@@H](O)[C@@H](Nc4nccc5[nH]cnc45)O[C@H]3C)cc2)C(C)C)C1=O. The standard InChI is InChI=1S/C47H67IN10O11/c1-8-10-11-19-47(48,18-9-2)31-22-35(61)58(45(31)66)21-17-33(59)54-36(26(3)4)43(65)52-27(5)42(64)53-30-14-12-29(13-15-30)24-68-46(67)57(7)23-34(60)55-37-28(6)69-44(40(63)39(37)62)56-41-38-32(16-20-49-41)50-25-51-38/h12-16,20,25-28,31,36-37,39-40,44,62-63H,8-11,17-19,21-24H2,1-7H3,(H,49,56)(H,50,51)(H,52,65)(H,53,64)(H,54,59)(H,55,60)/t27-,28-,31?,36-,37-,39+,40+,44-,47?/m0/s1. The fourth-order valence-electron chi connectivity index (χ4n) is 8.44. The van der Waals surface area contributed by atoms with Gasteiger partial charge in [-0.15, -0.1) is 0 Å². The van der Waals surface area contributed by atoms with Crippen LogP contribution in [0.15, 0.2) is 42.9 Å². The number of aromatic amines is 1. The van der Waals surface area contributed by atoms with Crippen molar-refractivity contribution in [2.75, 3.05) is 30.8 Å². The number of carbonyl (C=O) groups is 7. The van der Waals surface area contributed by atoms with Crippen molar-refractivity contribution in [1.29, 1.82) is 0 Å². The van der Waals surface area contributed by atoms with Crippen molar-refractivity contribution >= 4 is 86.7 Å². The smallest absolute Gasteiger partial charge is 0.410 e. The largest absolute Gasteiger partial charge is 0.445 e. The van der Waals surface area contributed by atoms with Crippen molar-refractivity contribution in [3.63, 3.8) is 0 Å². The predicted octanol–water partition coefficient (Wildman–Crippen LogP) is 3.49. The lowest BCUT2D eigenvalue weighted by Gasteiger charge is -2.42. The average molecular weight is 1080 g/mol. The number of fused-ring (bicyclic) bond motifs is 1. The summed E-state index contributed by atoms with van der Waals surface area (Å²) in [5, 5.41) is 35.4. The third-order valence-electron chi connectivity index (χ3n) is 12.4. The second-order valence-corrected chi connectivity index (χ2v) is 20.3. The van der Waals surface area contributed by atoms with Crippen LogP contribution in [0.4, 0.5) is 16.3 Å². The summed E-state index contributed by atoms with van der Waals surface area (Å²) < 4.78 is 10.9. The van der Waals surface area contributed by atoms with E-state index in [-0.39, 0.29) is 47.1 Å². The van der Waals surface area contributed by atoms with Gasteiger partial charge in [0.1, 0.15) is 43.0 Å². The van der Waals surface area contributed by atoms with Gasteiger partial charge < -0.3 is 56.2 Å². The Bertz CT molecular complexity index is 2280. The molecule has 8 N–H and O–H groups in total. The summed E-state index contributed by atoms with van der Waals surface area (Å²) in [6.07, 6.45) is 3.12. The maximum Gasteiger partial charge on any atom is 0.410 e. The normalized spacial score (nSPS) is 22.1. The van der Waals surface area contributed by atoms with Crippen LogP contribution in [-0.2, 0) is 44.8 Å². The molecule has 4 heterocycles. The second kappa shape index (κ2) is 24.9. The molecule has 5 rings (SSSR count). The predicted molar refractivity (Wildman–Crippen MR) is 263 cm³/mol. The first kappa shape index (κ1) is 54.5. The summed E-state index contributed by atoms with van der Waals surface area (Å²) in [5.74, 6) is -3.25. The number of nitrogens with zero attached hydrogens (tertiary/aromatic N) is 4. The zero-order valence-corrected chi connectivity index (χ0v) is 42.4. The summed E-state index contributed by atoms with van der Waals surface area (Å²) in [5.41, 5.74) is 2.18. The molecule has 0 bridgehead atoms. The van der Waals surface area contributed by atoms with E-state index in [1.165, 1.54) is 25.2 Å². The lowest BCUT2D eigenvalue weighted by atomic mass is 9.83. The number of H-pyrrole nitrogens is 1. The Hall–Kier alpha value is -5.46. The first-order chi connectivity index (χ1) is 32.8. The Balaban J connectivity index is 1.02. The molecule has 2 unspecified atom stereocenters. The Labute approximate surface area is 415 Å². The molecular formula is C47H67IN10O11. The van der Waals surface area contributed by atoms with Crippen LogP contribution < -0.4 is 26.6 Å². The molecule has 2 fully saturated rings. The van der Waals surface area contributed by atoms with Crippen molar-refractivity contribution in [3.8, 4) is 0 Å². The number of unbranched alkanes of at least 4 members (excludes halogenated alkanes) is 2. The van der Waals surface area contributed by atoms with Crippen molar-refractivity contribution in [1.82, 2.24) is 40.7 Å². The van der Waals surface area contributed by atoms with E-state index in [1.807, 2.05) is 0 Å². The van der Waals surface area contributed by atoms with Crippen LogP contribution in [-0.4, -0.2) is 143 Å². The number of aliphatic hydroxyl groups is 2. The third kappa shape index (κ3) is 14.3. The number of alkyl halides is 1. The van der Waals surface area contributed by atoms with Gasteiger partial charge >= 0.3 is 6.09 Å². The van der Waals surface area contributed by atoms with Gasteiger partial charge in [-0.25, -0.2) is 14.8 Å². The summed E-state index contributed by atoms with van der Waals surface area (Å²) in [6.45, 7) is 10.1. The molecule has 21 nitrogen and oxygen atoms in total. The van der Waals surface area contributed by atoms with Gasteiger partial charge in [-0.2, -0.15) is 0 Å². The number of aromatic nitrogens is 3. The Morgan fingerprint density at radius 1 is 0.971 bits per heavy atom. The molecule has 0 aliphatic carbocycles. The van der Waals surface area contributed by atoms with Crippen molar-refractivity contribution in [3.05, 3.63) is 48.4 Å². The first-order valence-electron chi connectivity index (χ1n) is 23.5. The van der Waals surface area contributed by atoms with E-state index in [4.69, 9.17) is 9.47 Å². The number of hydrogen-bond donors (Lipinski definition) is 8. The van der Waals surface area contributed by atoms with Crippen molar-refractivity contribution in [2.45, 2.75) is 146 Å². The Kier molecular flexibility index (Phi) is 19.7. The van der Waals surface area contributed by atoms with E-state index in [0.29, 0.717) is 28.1 Å². The number of anilines is 2. The zero-order valence-electron chi connectivity index (χ0n) is 40.3. The highest BCUT2D eigenvalue weighted by Gasteiger charge is 2.49. The number of ether oxygens (including phenoxy) is 2. The number of rotatable bonds is 23. The minimum atomic E-state index is -1.46. The molecule has 0 spiro atoms. The highest BCUT2D eigenvalue weighted by atomic mass is 127. The fourth-order valence-corrected chi connectivity index (χ4v) is 9.85. The Morgan fingerprint density at radius 3 is 2.38 bits per heavy atom. The van der Waals surface area contributed by atoms with Gasteiger partial charge in [-0.05, 0) is 56.4 Å². The average Bonchev–Trinajstić information content (AvgIpc) is 3.91. The molecule has 0 saturated carbocycles. The monoisotopic (exact) mass is 1070 g/mol. The first-order valence-corrected chi connectivity index (χ1v) is 24.6. The topological polar surface area (TPSA) is 287 Å². The molecule has 2 saturated heterocycles. The van der Waals surface area contributed by atoms with Crippen LogP contribution >= 0.6 is 22.6 Å². The lowest BCUT2D eigenvalue weighted by Crippen LogP contribution is -2.64. The van der Waals surface area contributed by atoms with Gasteiger partial charge in [0, 0.05) is 41.7 Å². The number of likely N-dealkylation sites (N-methyl/N-ethyl adjacent to an activating group) is 1. The van der Waals surface area contributed by atoms with E-state index in [9.17, 15) is 43.8 Å². The summed E-state index contributed by atoms with van der Waals surface area (Å²) in [4.78, 5) is 105. The number of amides is 7. The number of nitrogens with one attached hydrogen (secondary N) is 6. The number of likely N-dealkylation sites (tertiary alicyclic amines) is 1. The summed E-state index contributed by atoms with van der Waals surface area (Å²) in [6, 6.07) is 5.13. The van der Waals surface area contributed by atoms with Gasteiger partial charge in [0.25, 0.3) is 0 Å². The summed E-state index contributed by atoms with van der Waals surface area (Å²) >= 11 is 2.37. The molecule has 2 aromatic heterocycles. The van der Waals surface area contributed by atoms with E-state index in [2.05, 4.69) is 78.0 Å². The number of pyridine rings is 1. The second-order valence-electron chi connectivity index (χ2n) is 18.2. The minimum absolute atomic E-state index is 0.0859. The van der Waals surface area contributed by atoms with Crippen LogP contribution in [0, 0.1) is 11.8 Å². The Morgan fingerprint density at radius 2 is 1.70 bits per heavy atom. The molecule has 2 aliphatic heterocycles. The number of imide groups is 1. The number of benzene rings is 1. The number of halogens is 1. The molecule has 1 aromatic carbocycles.